The molecule has 856 valence electrons. The second-order valence-corrected chi connectivity index (χ2v) is 37.3. The van der Waals surface area contributed by atoms with Gasteiger partial charge in [-0.25, -0.2) is 0 Å². The molecule has 0 amide bonds. The van der Waals surface area contributed by atoms with Gasteiger partial charge in [-0.15, -0.1) is 0 Å². The Morgan fingerprint density at radius 1 is 0.246 bits per heavy atom. The lowest BCUT2D eigenvalue weighted by atomic mass is 9.92. The summed E-state index contributed by atoms with van der Waals surface area (Å²) in [6.07, 6.45) is 67.5. The Morgan fingerprint density at radius 2 is 0.536 bits per heavy atom. The fourth-order valence-corrected chi connectivity index (χ4v) is 12.4. The fourth-order valence-electron chi connectivity index (χ4n) is 12.4. The predicted molar refractivity (Wildman–Crippen MR) is 634 cm³/mol. The SMILES string of the molecule is CC(C)CCCNC(C)C.CCCCCCC.CCCCCCCCCCCNCCCC.CCCCCCCCNC.CCCCCN(C)CCCCC.CCCCCNCC.CCCCNC.CCCCOCCCC.CCCCOCCOCCNC.CCCNCCN.CNCCCN.CNCCCNC.NCCCCCNCCN.NCCN(CCN)CCN.N[C@@H]1CCCC[C@H]1N. The molecule has 0 radical (unpaired) electrons. The largest absolute Gasteiger partial charge is 0.381 e. The van der Waals surface area contributed by atoms with Gasteiger partial charge in [-0.1, -0.05) is 330 Å². The summed E-state index contributed by atoms with van der Waals surface area (Å²) in [5.74, 6) is 0.856. The molecule has 0 aromatic rings. The van der Waals surface area contributed by atoms with Gasteiger partial charge in [0.25, 0.3) is 0 Å². The number of ether oxygens (including phenoxy) is 3. The summed E-state index contributed by atoms with van der Waals surface area (Å²) in [5, 5.41) is 34.9. The molecule has 138 heavy (non-hydrogen) atoms. The molecule has 29 N–H and O–H groups in total. The van der Waals surface area contributed by atoms with Gasteiger partial charge in [0.1, 0.15) is 0 Å². The highest BCUT2D eigenvalue weighted by Crippen LogP contribution is 2.15. The van der Waals surface area contributed by atoms with Crippen LogP contribution >= 0.6 is 0 Å². The lowest BCUT2D eigenvalue weighted by Gasteiger charge is -2.24. The van der Waals surface area contributed by atoms with Crippen LogP contribution in [-0.4, -0.2) is 294 Å². The number of nitrogens with two attached hydrogens (primary N) is 9. The number of unbranched alkanes of at least 4 members (excludes halogenated alkanes) is 30. The van der Waals surface area contributed by atoms with E-state index in [1.54, 1.807) is 0 Å². The molecule has 2 atom stereocenters. The Balaban J connectivity index is -0.000000100. The van der Waals surface area contributed by atoms with Crippen LogP contribution in [0.3, 0.4) is 0 Å². The fraction of sp³-hybridized carbons (Fsp3) is 1.00. The number of nitrogens with zero attached hydrogens (tertiary/aromatic N) is 2. The molecular weight excluding hydrogens is 1710 g/mol. The molecule has 0 unspecified atom stereocenters. The Labute approximate surface area is 871 Å². The van der Waals surface area contributed by atoms with Crippen molar-refractivity contribution in [1.29, 1.82) is 0 Å². The van der Waals surface area contributed by atoms with Crippen molar-refractivity contribution >= 4 is 0 Å². The van der Waals surface area contributed by atoms with Crippen molar-refractivity contribution in [2.24, 2.45) is 57.5 Å². The maximum absolute atomic E-state index is 5.65. The van der Waals surface area contributed by atoms with E-state index in [2.05, 4.69) is 200 Å². The lowest BCUT2D eigenvalue weighted by molar-refractivity contribution is 0.0482. The van der Waals surface area contributed by atoms with Gasteiger partial charge in [0.15, 0.2) is 0 Å². The second-order valence-electron chi connectivity index (χ2n) is 37.3. The molecule has 25 heteroatoms. The maximum atomic E-state index is 5.65. The van der Waals surface area contributed by atoms with E-state index in [0.717, 1.165) is 182 Å². The molecule has 1 aliphatic rings. The van der Waals surface area contributed by atoms with Crippen LogP contribution in [0.4, 0.5) is 0 Å². The van der Waals surface area contributed by atoms with E-state index in [4.69, 9.17) is 65.8 Å². The Kier molecular flexibility index (Phi) is 227. The minimum absolute atomic E-state index is 0.281. The Morgan fingerprint density at radius 3 is 0.870 bits per heavy atom. The van der Waals surface area contributed by atoms with Crippen LogP contribution in [0.5, 0.6) is 0 Å². The third-order valence-electron chi connectivity index (χ3n) is 21.6. The first-order valence-corrected chi connectivity index (χ1v) is 59.1. The van der Waals surface area contributed by atoms with Gasteiger partial charge in [0, 0.05) is 110 Å². The standard InChI is InChI=1S/C15H33N.C11H25N.C9H21NO2.2C9H21N.C8H18O.C7H19N3.C7H17N.C7H16.C6H18N4.C6H14N2.2C5H14N2.C5H13N.C4H12N2/c1-3-5-7-8-9-10-11-12-13-15-16-14-6-4-2;1-4-6-8-10-12(3)11-9-7-5-2;1-3-4-6-11-8-9-12-7-5-10-2;1-8(2)6-5-7-10-9(3)4;1-3-4-5-6-7-8-9-10-2;1-3-5-7-9-8-6-4-2;8-4-2-1-3-6-10-7-5-9;1-3-5-6-7-8-4-2;1-3-5-7-6-4-2;7-1-4-10(5-2-8)6-3-9;7-5-3-1-2-4-6(5)8;1-6-4-3-5-7-2;1-2-4-7-5-3-6;1-3-4-5-6-2;1-6-4-2-3-5/h16H,3-15H2,1-2H3;4-11H2,1-3H3;10H,3-9H2,1-2H3;8-10H,5-7H2,1-4H3;10H,3-9H2,1-2H3;3-8H2,1-2H3;10H,1-9H2;8H,3-7H2,1-2H3;3-7H2,1-2H3;1-9H2;5-6H,1-4,7-8H2;6-7H,3-5H2,1-2H3;7H,2-6H2,1H3;6H,3-5H2,1-2H3;6H,2-5H2,1H3/t;;;;;;;;;;5-,6-;;;;/m..........1..../s1. The van der Waals surface area contributed by atoms with Gasteiger partial charge in [0.2, 0.25) is 0 Å². The zero-order valence-electron chi connectivity index (χ0n) is 99.5. The number of rotatable bonds is 84. The van der Waals surface area contributed by atoms with E-state index in [1.807, 2.05) is 42.3 Å². The Hall–Kier alpha value is -1.00. The zero-order chi connectivity index (χ0) is 107. The van der Waals surface area contributed by atoms with E-state index >= 15 is 0 Å². The lowest BCUT2D eigenvalue weighted by Crippen LogP contribution is -2.43. The summed E-state index contributed by atoms with van der Waals surface area (Å²) in [6.45, 7) is 71.9. The highest BCUT2D eigenvalue weighted by molar-refractivity contribution is 4.80. The summed E-state index contributed by atoms with van der Waals surface area (Å²) >= 11 is 0. The van der Waals surface area contributed by atoms with Crippen LogP contribution in [-0.2, 0) is 14.2 Å². The van der Waals surface area contributed by atoms with E-state index in [9.17, 15) is 0 Å². The van der Waals surface area contributed by atoms with Crippen molar-refractivity contribution in [3.8, 4) is 0 Å². The first kappa shape index (κ1) is 167. The molecule has 25 nitrogen and oxygen atoms in total. The molecule has 0 bridgehead atoms. The highest BCUT2D eigenvalue weighted by Gasteiger charge is 2.16. The first-order valence-electron chi connectivity index (χ1n) is 59.1. The average molecular weight is 1990 g/mol. The van der Waals surface area contributed by atoms with Gasteiger partial charge >= 0.3 is 0 Å². The molecular formula is C113H276N22O3. The third-order valence-corrected chi connectivity index (χ3v) is 21.6. The first-order chi connectivity index (χ1) is 67.1. The molecule has 0 saturated heterocycles. The number of nitrogens with one attached hydrogen (secondary N) is 11. The van der Waals surface area contributed by atoms with Gasteiger partial charge in [-0.3, -0.25) is 4.90 Å². The van der Waals surface area contributed by atoms with Crippen molar-refractivity contribution in [2.75, 3.05) is 266 Å². The smallest absolute Gasteiger partial charge is 0.0701 e. The van der Waals surface area contributed by atoms with Gasteiger partial charge in [-0.2, -0.15) is 0 Å². The number of likely N-dealkylation sites (N-methyl/N-ethyl adjacent to an activating group) is 1. The van der Waals surface area contributed by atoms with Gasteiger partial charge in [0.05, 0.1) is 19.8 Å². The van der Waals surface area contributed by atoms with Crippen LogP contribution in [0.2, 0.25) is 0 Å². The molecule has 0 aromatic carbocycles. The Bertz CT molecular complexity index is 1530. The number of hydrogen-bond acceptors (Lipinski definition) is 25. The van der Waals surface area contributed by atoms with Crippen molar-refractivity contribution in [3.63, 3.8) is 0 Å². The monoisotopic (exact) mass is 1990 g/mol. The van der Waals surface area contributed by atoms with Crippen LogP contribution in [0.1, 0.15) is 452 Å². The number of hydrogen-bond donors (Lipinski definition) is 20. The molecule has 0 aliphatic heterocycles. The summed E-state index contributed by atoms with van der Waals surface area (Å²) < 4.78 is 15.9. The van der Waals surface area contributed by atoms with Crippen LogP contribution in [0, 0.1) is 5.92 Å². The second kappa shape index (κ2) is 187. The van der Waals surface area contributed by atoms with E-state index in [-0.39, 0.29) is 12.1 Å². The van der Waals surface area contributed by atoms with Gasteiger partial charge < -0.3 is 129 Å². The molecule has 0 heterocycles. The molecule has 1 fully saturated rings. The van der Waals surface area contributed by atoms with Crippen molar-refractivity contribution in [3.05, 3.63) is 0 Å². The van der Waals surface area contributed by atoms with E-state index in [1.165, 1.54) is 341 Å². The van der Waals surface area contributed by atoms with E-state index in [0.29, 0.717) is 32.3 Å². The van der Waals surface area contributed by atoms with Crippen LogP contribution in [0.25, 0.3) is 0 Å². The van der Waals surface area contributed by atoms with Crippen LogP contribution in [0.15, 0.2) is 0 Å². The highest BCUT2D eigenvalue weighted by atomic mass is 16.5. The summed E-state index contributed by atoms with van der Waals surface area (Å²) in [6, 6.07) is 1.21. The summed E-state index contributed by atoms with van der Waals surface area (Å²) in [5.41, 5.74) is 48.4. The van der Waals surface area contributed by atoms with Crippen molar-refractivity contribution < 1.29 is 14.2 Å². The average Bonchev–Trinajstić information content (AvgIpc) is 0.941. The molecule has 1 saturated carbocycles. The quantitative estimate of drug-likeness (QED) is 0.0251. The summed E-state index contributed by atoms with van der Waals surface area (Å²) in [4.78, 5) is 4.63. The third kappa shape index (κ3) is 238. The molecule has 0 aromatic heterocycles. The molecule has 1 rings (SSSR count). The normalized spacial score (nSPS) is 12.0. The minimum Gasteiger partial charge on any atom is -0.381 e. The zero-order valence-corrected chi connectivity index (χ0v) is 99.5. The van der Waals surface area contributed by atoms with Crippen molar-refractivity contribution in [2.45, 2.75) is 470 Å². The molecule has 1 aliphatic carbocycles. The topological polar surface area (TPSA) is 401 Å². The summed E-state index contributed by atoms with van der Waals surface area (Å²) in [7, 11) is 14.0. The predicted octanol–water partition coefficient (Wildman–Crippen LogP) is 20.0. The van der Waals surface area contributed by atoms with Gasteiger partial charge in [-0.05, 0) is 282 Å². The maximum Gasteiger partial charge on any atom is 0.0701 e. The van der Waals surface area contributed by atoms with Crippen LogP contribution < -0.4 is 110 Å². The minimum atomic E-state index is 0.281. The van der Waals surface area contributed by atoms with Crippen molar-refractivity contribution in [1.82, 2.24) is 68.3 Å². The molecule has 0 spiro atoms. The van der Waals surface area contributed by atoms with E-state index < -0.39 is 0 Å².